The molecule has 192 valence electrons. The number of aromatic nitrogens is 2. The molecular weight excluding hydrogens is 534 g/mol. The second-order valence-electron chi connectivity index (χ2n) is 8.81. The number of carbonyl (C=O) groups excluding carboxylic acids is 1. The molecule has 3 aromatic carbocycles. The maximum Gasteiger partial charge on any atom is 0.266 e. The largest absolute Gasteiger partial charge is 0.489 e. The van der Waals surface area contributed by atoms with Gasteiger partial charge in [0.1, 0.15) is 22.4 Å². The Hall–Kier alpha value is -3.39. The Morgan fingerprint density at radius 3 is 2.63 bits per heavy atom. The molecule has 1 aliphatic heterocycles. The fourth-order valence-corrected chi connectivity index (χ4v) is 5.58. The molecule has 0 saturated carbocycles. The third-order valence-corrected chi connectivity index (χ3v) is 7.86. The molecule has 1 amide bonds. The lowest BCUT2D eigenvalue weighted by molar-refractivity contribution is -0.122. The fraction of sp³-hybridized carbons (Fsp3) is 0.167. The zero-order chi connectivity index (χ0) is 26.5. The van der Waals surface area contributed by atoms with Crippen molar-refractivity contribution in [2.45, 2.75) is 26.4 Å². The van der Waals surface area contributed by atoms with E-state index in [1.54, 1.807) is 4.90 Å². The van der Waals surface area contributed by atoms with Crippen molar-refractivity contribution in [1.82, 2.24) is 14.7 Å². The number of benzene rings is 3. The second kappa shape index (κ2) is 12.0. The van der Waals surface area contributed by atoms with Crippen molar-refractivity contribution in [3.63, 3.8) is 0 Å². The summed E-state index contributed by atoms with van der Waals surface area (Å²) in [5.41, 5.74) is 4.29. The number of thiocarbonyl (C=S) groups is 1. The van der Waals surface area contributed by atoms with Crippen molar-refractivity contribution >= 4 is 51.9 Å². The quantitative estimate of drug-likeness (QED) is 0.155. The molecule has 0 unspecified atom stereocenters. The van der Waals surface area contributed by atoms with Gasteiger partial charge in [-0.25, -0.2) is 4.68 Å². The molecule has 4 aromatic rings. The zero-order valence-corrected chi connectivity index (χ0v) is 23.2. The van der Waals surface area contributed by atoms with Gasteiger partial charge in [-0.3, -0.25) is 9.69 Å². The van der Waals surface area contributed by atoms with Crippen LogP contribution in [-0.2, 0) is 11.4 Å². The molecule has 1 saturated heterocycles. The van der Waals surface area contributed by atoms with Gasteiger partial charge in [-0.2, -0.15) is 5.10 Å². The van der Waals surface area contributed by atoms with Crippen LogP contribution >= 0.6 is 35.6 Å². The lowest BCUT2D eigenvalue weighted by Crippen LogP contribution is -2.28. The maximum absolute atomic E-state index is 13.1. The van der Waals surface area contributed by atoms with Crippen LogP contribution in [0.15, 0.2) is 90.0 Å². The molecule has 1 aromatic heterocycles. The van der Waals surface area contributed by atoms with Gasteiger partial charge < -0.3 is 4.74 Å². The number of carbonyl (C=O) groups is 1. The fourth-order valence-electron chi connectivity index (χ4n) is 4.09. The van der Waals surface area contributed by atoms with E-state index in [0.717, 1.165) is 40.9 Å². The van der Waals surface area contributed by atoms with Crippen LogP contribution < -0.4 is 4.74 Å². The molecule has 0 N–H and O–H groups in total. The average Bonchev–Trinajstić information content (AvgIpc) is 3.48. The van der Waals surface area contributed by atoms with E-state index in [1.165, 1.54) is 11.8 Å². The van der Waals surface area contributed by atoms with Gasteiger partial charge in [-0.15, -0.1) is 0 Å². The lowest BCUT2D eigenvalue weighted by Gasteiger charge is -2.13. The summed E-state index contributed by atoms with van der Waals surface area (Å²) in [4.78, 5) is 15.4. The first kappa shape index (κ1) is 26.2. The summed E-state index contributed by atoms with van der Waals surface area (Å²) < 4.78 is 8.49. The molecule has 0 spiro atoms. The van der Waals surface area contributed by atoms with Crippen LogP contribution in [0.3, 0.4) is 0 Å². The molecular formula is C30H26ClN3O2S2. The molecule has 5 rings (SSSR count). The van der Waals surface area contributed by atoms with E-state index >= 15 is 0 Å². The standard InChI is InChI=1S/C30H26ClN3O2S2/c1-2-3-16-33-29(35)27(38-30(33)37)18-23-19-34(24-12-5-4-6-13-24)32-28(23)21-11-9-14-25(17-21)36-20-22-10-7-8-15-26(22)31/h4-15,17-19H,2-3,16,20H2,1H3/b27-18-. The molecule has 38 heavy (non-hydrogen) atoms. The van der Waals surface area contributed by atoms with E-state index in [9.17, 15) is 4.79 Å². The number of hydrogen-bond acceptors (Lipinski definition) is 5. The van der Waals surface area contributed by atoms with Crippen molar-refractivity contribution in [2.75, 3.05) is 6.54 Å². The van der Waals surface area contributed by atoms with Gasteiger partial charge in [0, 0.05) is 34.5 Å². The summed E-state index contributed by atoms with van der Waals surface area (Å²) >= 11 is 13.1. The van der Waals surface area contributed by atoms with E-state index < -0.39 is 0 Å². The first-order chi connectivity index (χ1) is 18.5. The molecule has 1 aliphatic rings. The van der Waals surface area contributed by atoms with Crippen LogP contribution in [0, 0.1) is 0 Å². The summed E-state index contributed by atoms with van der Waals surface area (Å²) in [6.45, 7) is 3.10. The van der Waals surface area contributed by atoms with E-state index in [4.69, 9.17) is 33.7 Å². The topological polar surface area (TPSA) is 47.4 Å². The lowest BCUT2D eigenvalue weighted by atomic mass is 10.1. The maximum atomic E-state index is 13.1. The van der Waals surface area contributed by atoms with Gasteiger partial charge >= 0.3 is 0 Å². The Bertz CT molecular complexity index is 1500. The van der Waals surface area contributed by atoms with Crippen molar-refractivity contribution in [2.24, 2.45) is 0 Å². The molecule has 0 aliphatic carbocycles. The number of thioether (sulfide) groups is 1. The van der Waals surface area contributed by atoms with Crippen LogP contribution in [0.5, 0.6) is 5.75 Å². The number of halogens is 1. The van der Waals surface area contributed by atoms with Gasteiger partial charge in [0.25, 0.3) is 5.91 Å². The highest BCUT2D eigenvalue weighted by atomic mass is 35.5. The molecule has 2 heterocycles. The molecule has 0 atom stereocenters. The summed E-state index contributed by atoms with van der Waals surface area (Å²) in [6.07, 6.45) is 5.75. The van der Waals surface area contributed by atoms with Crippen molar-refractivity contribution in [1.29, 1.82) is 0 Å². The van der Waals surface area contributed by atoms with E-state index in [0.29, 0.717) is 33.1 Å². The first-order valence-electron chi connectivity index (χ1n) is 12.4. The molecule has 0 radical (unpaired) electrons. The Morgan fingerprint density at radius 2 is 1.84 bits per heavy atom. The summed E-state index contributed by atoms with van der Waals surface area (Å²) in [6, 6.07) is 25.3. The average molecular weight is 560 g/mol. The van der Waals surface area contributed by atoms with Gasteiger partial charge in [0.2, 0.25) is 0 Å². The molecule has 0 bridgehead atoms. The van der Waals surface area contributed by atoms with Crippen LogP contribution in [-0.4, -0.2) is 31.5 Å². The predicted molar refractivity (Wildman–Crippen MR) is 160 cm³/mol. The Labute approximate surface area is 237 Å². The van der Waals surface area contributed by atoms with Gasteiger partial charge in [-0.1, -0.05) is 97.5 Å². The number of ether oxygens (including phenoxy) is 1. The zero-order valence-electron chi connectivity index (χ0n) is 20.8. The Kier molecular flexibility index (Phi) is 8.27. The molecule has 5 nitrogen and oxygen atoms in total. The summed E-state index contributed by atoms with van der Waals surface area (Å²) in [5.74, 6) is 0.650. The third-order valence-electron chi connectivity index (χ3n) is 6.12. The number of hydrogen-bond donors (Lipinski definition) is 0. The monoisotopic (exact) mass is 559 g/mol. The van der Waals surface area contributed by atoms with Crippen LogP contribution in [0.25, 0.3) is 23.0 Å². The van der Waals surface area contributed by atoms with Gasteiger partial charge in [0.15, 0.2) is 0 Å². The minimum atomic E-state index is -0.0521. The first-order valence-corrected chi connectivity index (χ1v) is 14.0. The number of para-hydroxylation sites is 1. The minimum absolute atomic E-state index is 0.0521. The second-order valence-corrected chi connectivity index (χ2v) is 10.9. The van der Waals surface area contributed by atoms with E-state index in [2.05, 4.69) is 6.92 Å². The smallest absolute Gasteiger partial charge is 0.266 e. The third kappa shape index (κ3) is 5.85. The molecule has 8 heteroatoms. The van der Waals surface area contributed by atoms with Crippen LogP contribution in [0.4, 0.5) is 0 Å². The predicted octanol–water partition coefficient (Wildman–Crippen LogP) is 7.77. The molecule has 1 fully saturated rings. The van der Waals surface area contributed by atoms with Crippen molar-refractivity contribution in [3.05, 3.63) is 106 Å². The summed E-state index contributed by atoms with van der Waals surface area (Å²) in [5, 5.41) is 5.58. The van der Waals surface area contributed by atoms with Gasteiger partial charge in [0.05, 0.1) is 10.6 Å². The number of nitrogens with zero attached hydrogens (tertiary/aromatic N) is 3. The Balaban J connectivity index is 1.49. The van der Waals surface area contributed by atoms with E-state index in [1.807, 2.05) is 95.8 Å². The highest BCUT2D eigenvalue weighted by Crippen LogP contribution is 2.35. The summed E-state index contributed by atoms with van der Waals surface area (Å²) in [7, 11) is 0. The normalized spacial score (nSPS) is 14.5. The van der Waals surface area contributed by atoms with Crippen LogP contribution in [0.1, 0.15) is 30.9 Å². The van der Waals surface area contributed by atoms with Gasteiger partial charge in [-0.05, 0) is 42.8 Å². The number of unbranched alkanes of at least 4 members (excludes halogenated alkanes) is 1. The highest BCUT2D eigenvalue weighted by Gasteiger charge is 2.32. The number of rotatable bonds is 9. The SMILES string of the molecule is CCCCN1C(=O)/C(=C/c2cn(-c3ccccc3)nc2-c2cccc(OCc3ccccc3Cl)c2)SC1=S. The Morgan fingerprint density at radius 1 is 1.05 bits per heavy atom. The number of amides is 1. The van der Waals surface area contributed by atoms with E-state index in [-0.39, 0.29) is 5.91 Å². The minimum Gasteiger partial charge on any atom is -0.489 e. The van der Waals surface area contributed by atoms with Crippen molar-refractivity contribution in [3.8, 4) is 22.7 Å². The van der Waals surface area contributed by atoms with Crippen molar-refractivity contribution < 1.29 is 9.53 Å². The highest BCUT2D eigenvalue weighted by molar-refractivity contribution is 8.26. The van der Waals surface area contributed by atoms with Crippen LogP contribution in [0.2, 0.25) is 5.02 Å².